The smallest absolute Gasteiger partial charge is 0.236 e. The summed E-state index contributed by atoms with van der Waals surface area (Å²) in [4.78, 5) is 28.8. The largest absolute Gasteiger partial charge is 0.342 e. The highest BCUT2D eigenvalue weighted by atomic mass is 35.5. The van der Waals surface area contributed by atoms with Crippen LogP contribution in [-0.2, 0) is 9.59 Å². The number of amides is 2. The second kappa shape index (κ2) is 8.87. The molecule has 0 spiro atoms. The molecule has 5 nitrogen and oxygen atoms in total. The Hall–Kier alpha value is -1.59. The van der Waals surface area contributed by atoms with E-state index in [9.17, 15) is 9.59 Å². The van der Waals surface area contributed by atoms with Crippen LogP contribution in [-0.4, -0.2) is 54.3 Å². The Balaban J connectivity index is 1.42. The minimum Gasteiger partial charge on any atom is -0.342 e. The van der Waals surface area contributed by atoms with Gasteiger partial charge in [0.2, 0.25) is 11.8 Å². The fourth-order valence-corrected chi connectivity index (χ4v) is 3.92. The van der Waals surface area contributed by atoms with E-state index in [-0.39, 0.29) is 17.9 Å². The number of hydrogen-bond donors (Lipinski definition) is 1. The molecule has 2 fully saturated rings. The molecular weight excluding hydrogens is 350 g/mol. The fraction of sp³-hybridized carbons (Fsp3) is 0.600. The zero-order valence-corrected chi connectivity index (χ0v) is 16.2. The third kappa shape index (κ3) is 4.77. The first-order valence-electron chi connectivity index (χ1n) is 9.60. The van der Waals surface area contributed by atoms with Gasteiger partial charge in [-0.15, -0.1) is 0 Å². The second-order valence-electron chi connectivity index (χ2n) is 7.34. The van der Waals surface area contributed by atoms with E-state index in [1.54, 1.807) is 0 Å². The van der Waals surface area contributed by atoms with Gasteiger partial charge in [0.15, 0.2) is 0 Å². The summed E-state index contributed by atoms with van der Waals surface area (Å²) in [6.07, 6.45) is 3.82. The van der Waals surface area contributed by atoms with Crippen molar-refractivity contribution in [1.82, 2.24) is 15.1 Å². The van der Waals surface area contributed by atoms with Gasteiger partial charge < -0.3 is 15.1 Å². The maximum Gasteiger partial charge on any atom is 0.236 e. The molecule has 1 aromatic carbocycles. The van der Waals surface area contributed by atoms with Crippen LogP contribution in [0.15, 0.2) is 24.3 Å². The van der Waals surface area contributed by atoms with Crippen molar-refractivity contribution in [3.63, 3.8) is 0 Å². The van der Waals surface area contributed by atoms with E-state index in [0.29, 0.717) is 30.6 Å². The van der Waals surface area contributed by atoms with Crippen LogP contribution in [0.5, 0.6) is 0 Å². The molecule has 6 heteroatoms. The molecule has 2 amide bonds. The molecule has 2 heterocycles. The zero-order chi connectivity index (χ0) is 18.5. The topological polar surface area (TPSA) is 52.7 Å². The lowest BCUT2D eigenvalue weighted by molar-refractivity contribution is -0.139. The van der Waals surface area contributed by atoms with Crippen molar-refractivity contribution < 1.29 is 9.59 Å². The minimum atomic E-state index is 0.0884. The molecule has 2 aliphatic rings. The van der Waals surface area contributed by atoms with Gasteiger partial charge in [-0.25, -0.2) is 0 Å². The molecule has 1 N–H and O–H groups in total. The third-order valence-electron chi connectivity index (χ3n) is 5.54. The number of likely N-dealkylation sites (tertiary alicyclic amines) is 2. The van der Waals surface area contributed by atoms with Crippen LogP contribution in [0.2, 0.25) is 5.02 Å². The molecule has 1 unspecified atom stereocenters. The molecule has 2 aliphatic heterocycles. The highest BCUT2D eigenvalue weighted by molar-refractivity contribution is 6.30. The van der Waals surface area contributed by atoms with Gasteiger partial charge in [0.05, 0.1) is 6.54 Å². The number of benzene rings is 1. The number of carbonyl (C=O) groups is 2. The lowest BCUT2D eigenvalue weighted by Crippen LogP contribution is -2.46. The summed E-state index contributed by atoms with van der Waals surface area (Å²) in [7, 11) is 0. The molecule has 0 radical (unpaired) electrons. The Bertz CT molecular complexity index is 620. The van der Waals surface area contributed by atoms with Crippen LogP contribution in [0, 0.1) is 5.92 Å². The van der Waals surface area contributed by atoms with Crippen LogP contribution in [0.4, 0.5) is 0 Å². The molecule has 3 rings (SSSR count). The highest BCUT2D eigenvalue weighted by Crippen LogP contribution is 2.22. The van der Waals surface area contributed by atoms with E-state index in [2.05, 4.69) is 5.32 Å². The van der Waals surface area contributed by atoms with E-state index in [4.69, 9.17) is 11.6 Å². The van der Waals surface area contributed by atoms with Crippen LogP contribution in [0.1, 0.15) is 44.2 Å². The lowest BCUT2D eigenvalue weighted by Gasteiger charge is -2.33. The van der Waals surface area contributed by atoms with Crippen molar-refractivity contribution in [1.29, 1.82) is 0 Å². The summed E-state index contributed by atoms with van der Waals surface area (Å²) >= 11 is 5.91. The van der Waals surface area contributed by atoms with Crippen molar-refractivity contribution in [2.24, 2.45) is 5.92 Å². The molecule has 0 bridgehead atoms. The average Bonchev–Trinajstić information content (AvgIpc) is 3.20. The van der Waals surface area contributed by atoms with Crippen LogP contribution < -0.4 is 5.32 Å². The molecule has 142 valence electrons. The predicted octanol–water partition coefficient (Wildman–Crippen LogP) is 2.85. The Morgan fingerprint density at radius 1 is 1.08 bits per heavy atom. The van der Waals surface area contributed by atoms with Gasteiger partial charge in [-0.3, -0.25) is 9.59 Å². The van der Waals surface area contributed by atoms with E-state index in [0.717, 1.165) is 44.3 Å². The predicted molar refractivity (Wildman–Crippen MR) is 103 cm³/mol. The number of nitrogens with zero attached hydrogens (tertiary/aromatic N) is 2. The van der Waals surface area contributed by atoms with Crippen LogP contribution >= 0.6 is 11.6 Å². The van der Waals surface area contributed by atoms with E-state index < -0.39 is 0 Å². The number of piperidine rings is 1. The summed E-state index contributed by atoms with van der Waals surface area (Å²) in [5.41, 5.74) is 1.11. The number of rotatable bonds is 5. The maximum absolute atomic E-state index is 12.5. The SMILES string of the molecule is CC(NCC(=O)N1CCC(C(=O)N2CCCC2)CC1)c1ccc(Cl)cc1. The number of hydrogen-bond acceptors (Lipinski definition) is 3. The number of carbonyl (C=O) groups excluding carboxylic acids is 2. The molecule has 1 aromatic rings. The van der Waals surface area contributed by atoms with Gasteiger partial charge in [-0.1, -0.05) is 23.7 Å². The average molecular weight is 378 g/mol. The first-order valence-corrected chi connectivity index (χ1v) is 9.98. The molecule has 1 atom stereocenters. The number of halogens is 1. The summed E-state index contributed by atoms with van der Waals surface area (Å²) in [6.45, 7) is 5.53. The van der Waals surface area contributed by atoms with Crippen molar-refractivity contribution in [2.45, 2.75) is 38.6 Å². The highest BCUT2D eigenvalue weighted by Gasteiger charge is 2.31. The van der Waals surface area contributed by atoms with Crippen LogP contribution in [0.25, 0.3) is 0 Å². The van der Waals surface area contributed by atoms with Crippen molar-refractivity contribution >= 4 is 23.4 Å². The summed E-state index contributed by atoms with van der Waals surface area (Å²) in [6, 6.07) is 7.75. The molecule has 0 aliphatic carbocycles. The van der Waals surface area contributed by atoms with Gasteiger partial charge in [0.1, 0.15) is 0 Å². The van der Waals surface area contributed by atoms with Gasteiger partial charge in [-0.2, -0.15) is 0 Å². The Morgan fingerprint density at radius 3 is 2.31 bits per heavy atom. The first kappa shape index (κ1) is 19.2. The first-order chi connectivity index (χ1) is 12.5. The normalized spacial score (nSPS) is 19.6. The third-order valence-corrected chi connectivity index (χ3v) is 5.80. The van der Waals surface area contributed by atoms with E-state index in [1.807, 2.05) is 41.0 Å². The van der Waals surface area contributed by atoms with Crippen molar-refractivity contribution in [3.8, 4) is 0 Å². The van der Waals surface area contributed by atoms with Gasteiger partial charge in [0, 0.05) is 43.2 Å². The standard InChI is InChI=1S/C20H28ClN3O2/c1-15(16-4-6-18(21)7-5-16)22-14-19(25)23-12-8-17(9-13-23)20(26)24-10-2-3-11-24/h4-7,15,17,22H,2-3,8-14H2,1H3. The minimum absolute atomic E-state index is 0.0884. The van der Waals surface area contributed by atoms with Crippen molar-refractivity contribution in [3.05, 3.63) is 34.9 Å². The van der Waals surface area contributed by atoms with E-state index in [1.165, 1.54) is 0 Å². The van der Waals surface area contributed by atoms with E-state index >= 15 is 0 Å². The molecule has 0 saturated carbocycles. The zero-order valence-electron chi connectivity index (χ0n) is 15.4. The number of nitrogens with one attached hydrogen (secondary N) is 1. The molecule has 26 heavy (non-hydrogen) atoms. The summed E-state index contributed by atoms with van der Waals surface area (Å²) < 4.78 is 0. The summed E-state index contributed by atoms with van der Waals surface area (Å²) in [5, 5.41) is 4.00. The lowest BCUT2D eigenvalue weighted by atomic mass is 9.95. The molecular formula is C20H28ClN3O2. The van der Waals surface area contributed by atoms with Gasteiger partial charge >= 0.3 is 0 Å². The Kier molecular flexibility index (Phi) is 6.54. The summed E-state index contributed by atoms with van der Waals surface area (Å²) in [5.74, 6) is 0.500. The quantitative estimate of drug-likeness (QED) is 0.858. The maximum atomic E-state index is 12.5. The molecule has 2 saturated heterocycles. The van der Waals surface area contributed by atoms with Crippen molar-refractivity contribution in [2.75, 3.05) is 32.7 Å². The monoisotopic (exact) mass is 377 g/mol. The van der Waals surface area contributed by atoms with Gasteiger partial charge in [-0.05, 0) is 50.3 Å². The second-order valence-corrected chi connectivity index (χ2v) is 7.78. The van der Waals surface area contributed by atoms with Gasteiger partial charge in [0.25, 0.3) is 0 Å². The fourth-order valence-electron chi connectivity index (χ4n) is 3.79. The molecule has 0 aromatic heterocycles. The van der Waals surface area contributed by atoms with Crippen LogP contribution in [0.3, 0.4) is 0 Å². The Morgan fingerprint density at radius 2 is 1.69 bits per heavy atom. The Labute approximate surface area is 160 Å².